The fraction of sp³-hybridized carbons (Fsp3) is 0.333. The highest BCUT2D eigenvalue weighted by atomic mass is 35.5. The van der Waals surface area contributed by atoms with Crippen LogP contribution < -0.4 is 5.32 Å². The first-order valence-electron chi connectivity index (χ1n) is 12.0. The number of likely N-dealkylation sites (tertiary alicyclic amines) is 1. The fourth-order valence-electron chi connectivity index (χ4n) is 4.83. The third-order valence-electron chi connectivity index (χ3n) is 6.87. The molecule has 0 aliphatic carbocycles. The number of nitrogens with zero attached hydrogens (tertiary/aromatic N) is 4. The number of hydrogen-bond acceptors (Lipinski definition) is 5. The number of piperidine rings is 1. The van der Waals surface area contributed by atoms with E-state index in [0.717, 1.165) is 65.6 Å². The number of halogens is 1. The van der Waals surface area contributed by atoms with Gasteiger partial charge in [0, 0.05) is 25.2 Å². The molecule has 2 aliphatic heterocycles. The van der Waals surface area contributed by atoms with Crippen LogP contribution in [0.3, 0.4) is 0 Å². The zero-order valence-corrected chi connectivity index (χ0v) is 21.7. The summed E-state index contributed by atoms with van der Waals surface area (Å²) in [5.41, 5.74) is 4.02. The van der Waals surface area contributed by atoms with Gasteiger partial charge in [0.15, 0.2) is 0 Å². The molecule has 4 heterocycles. The Labute approximate surface area is 221 Å². The Morgan fingerprint density at radius 3 is 2.64 bits per heavy atom. The van der Waals surface area contributed by atoms with Crippen LogP contribution >= 0.6 is 24.2 Å². The van der Waals surface area contributed by atoms with Crippen LogP contribution in [0, 0.1) is 17.2 Å². The summed E-state index contributed by atoms with van der Waals surface area (Å²) >= 11 is 1.50. The summed E-state index contributed by atoms with van der Waals surface area (Å²) in [4.78, 5) is 32.7. The second-order valence-electron chi connectivity index (χ2n) is 9.08. The summed E-state index contributed by atoms with van der Waals surface area (Å²) in [5, 5.41) is 13.0. The molecule has 3 aromatic rings. The molecule has 0 radical (unpaired) electrons. The molecule has 7 nitrogen and oxygen atoms in total. The van der Waals surface area contributed by atoms with E-state index < -0.39 is 0 Å². The first-order valence-corrected chi connectivity index (χ1v) is 12.8. The van der Waals surface area contributed by atoms with Crippen molar-refractivity contribution in [2.24, 2.45) is 5.92 Å². The van der Waals surface area contributed by atoms with Gasteiger partial charge in [0.2, 0.25) is 0 Å². The van der Waals surface area contributed by atoms with Crippen molar-refractivity contribution < 1.29 is 9.59 Å². The van der Waals surface area contributed by atoms with Crippen LogP contribution in [0.5, 0.6) is 0 Å². The molecular formula is C27H28ClN5O2S. The molecule has 36 heavy (non-hydrogen) atoms. The van der Waals surface area contributed by atoms with E-state index in [-0.39, 0.29) is 24.2 Å². The molecule has 0 spiro atoms. The highest BCUT2D eigenvalue weighted by Gasteiger charge is 2.25. The Morgan fingerprint density at radius 2 is 1.92 bits per heavy atom. The van der Waals surface area contributed by atoms with Gasteiger partial charge < -0.3 is 10.2 Å². The summed E-state index contributed by atoms with van der Waals surface area (Å²) in [7, 11) is 0. The minimum Gasteiger partial charge on any atom is -0.352 e. The van der Waals surface area contributed by atoms with Crippen molar-refractivity contribution in [2.75, 3.05) is 19.6 Å². The zero-order chi connectivity index (χ0) is 24.4. The first-order chi connectivity index (χ1) is 17.0. The molecule has 1 aromatic carbocycles. The van der Waals surface area contributed by atoms with Gasteiger partial charge in [0.25, 0.3) is 11.8 Å². The number of allylic oxidation sites excluding steroid dienone is 1. The normalized spacial score (nSPS) is 15.4. The van der Waals surface area contributed by atoms with Gasteiger partial charge >= 0.3 is 0 Å². The number of carbonyl (C=O) groups excluding carboxylic acids is 2. The summed E-state index contributed by atoms with van der Waals surface area (Å²) < 4.78 is 2.09. The Kier molecular flexibility index (Phi) is 8.02. The van der Waals surface area contributed by atoms with Crippen LogP contribution in [0.4, 0.5) is 0 Å². The van der Waals surface area contributed by atoms with Gasteiger partial charge in [-0.15, -0.1) is 12.4 Å². The number of nitrogens with one attached hydrogen (secondary N) is 1. The lowest BCUT2D eigenvalue weighted by Crippen LogP contribution is -2.38. The van der Waals surface area contributed by atoms with E-state index in [2.05, 4.69) is 20.8 Å². The smallest absolute Gasteiger partial charge is 0.258 e. The van der Waals surface area contributed by atoms with Crippen LogP contribution in [0.1, 0.15) is 54.2 Å². The van der Waals surface area contributed by atoms with Crippen molar-refractivity contribution in [3.63, 3.8) is 0 Å². The number of amides is 2. The van der Waals surface area contributed by atoms with E-state index in [1.165, 1.54) is 11.8 Å². The van der Waals surface area contributed by atoms with Crippen LogP contribution in [-0.2, 0) is 4.79 Å². The van der Waals surface area contributed by atoms with Crippen molar-refractivity contribution in [3.8, 4) is 6.07 Å². The Hall–Kier alpha value is -3.28. The van der Waals surface area contributed by atoms with Gasteiger partial charge in [-0.3, -0.25) is 14.0 Å². The van der Waals surface area contributed by atoms with Gasteiger partial charge in [-0.1, -0.05) is 17.8 Å². The number of rotatable bonds is 6. The number of thioether (sulfide) groups is 1. The van der Waals surface area contributed by atoms with Crippen molar-refractivity contribution in [1.29, 1.82) is 5.26 Å². The van der Waals surface area contributed by atoms with E-state index in [1.807, 2.05) is 36.2 Å². The third-order valence-corrected chi connectivity index (χ3v) is 8.09. The lowest BCUT2D eigenvalue weighted by molar-refractivity contribution is -0.116. The van der Waals surface area contributed by atoms with Gasteiger partial charge in [-0.25, -0.2) is 4.98 Å². The molecule has 0 bridgehead atoms. The third kappa shape index (κ3) is 5.13. The molecule has 0 unspecified atom stereocenters. The first kappa shape index (κ1) is 25.8. The second kappa shape index (κ2) is 11.2. The van der Waals surface area contributed by atoms with E-state index in [9.17, 15) is 9.59 Å². The maximum atomic E-state index is 12.9. The molecule has 2 aliphatic rings. The summed E-state index contributed by atoms with van der Waals surface area (Å²) in [5.74, 6) is 0.569. The second-order valence-corrected chi connectivity index (χ2v) is 10.1. The number of nitriles is 1. The lowest BCUT2D eigenvalue weighted by atomic mass is 9.92. The minimum atomic E-state index is -0.0280. The molecule has 1 fully saturated rings. The molecule has 2 aromatic heterocycles. The molecule has 0 saturated carbocycles. The number of benzene rings is 1. The summed E-state index contributed by atoms with van der Waals surface area (Å²) in [6.45, 7) is 4.12. The highest BCUT2D eigenvalue weighted by Crippen LogP contribution is 2.38. The van der Waals surface area contributed by atoms with Crippen LogP contribution in [-0.4, -0.2) is 45.7 Å². The van der Waals surface area contributed by atoms with Gasteiger partial charge in [-0.2, -0.15) is 5.26 Å². The molecule has 1 saturated heterocycles. The maximum absolute atomic E-state index is 12.9. The standard InChI is InChI=1S/C27H27N5O2S.ClH/c1-18-22-17-30-23-5-2-6-24(32(22)23)35-25(18)26(33)29-13-3-4-19-11-14-31(15-12-19)27(34)21-9-7-20(16-28)8-10-21;/h2,5-10,17,19H,3-4,11-15H2,1H3,(H,29,33);1H. The summed E-state index contributed by atoms with van der Waals surface area (Å²) in [6.07, 6.45) is 5.74. The molecular weight excluding hydrogens is 494 g/mol. The van der Waals surface area contributed by atoms with Gasteiger partial charge in [0.05, 0.1) is 33.5 Å². The van der Waals surface area contributed by atoms with Crippen molar-refractivity contribution in [3.05, 3.63) is 70.4 Å². The zero-order valence-electron chi connectivity index (χ0n) is 20.1. The predicted octanol–water partition coefficient (Wildman–Crippen LogP) is 4.91. The average molecular weight is 522 g/mol. The van der Waals surface area contributed by atoms with Crippen molar-refractivity contribution in [1.82, 2.24) is 19.6 Å². The molecule has 2 amide bonds. The molecule has 5 rings (SSSR count). The fourth-order valence-corrected chi connectivity index (χ4v) is 5.89. The molecule has 186 valence electrons. The topological polar surface area (TPSA) is 90.5 Å². The monoisotopic (exact) mass is 521 g/mol. The molecule has 0 atom stereocenters. The minimum absolute atomic E-state index is 0. The van der Waals surface area contributed by atoms with Crippen molar-refractivity contribution >= 4 is 47.2 Å². The van der Waals surface area contributed by atoms with Gasteiger partial charge in [0.1, 0.15) is 5.65 Å². The summed E-state index contributed by atoms with van der Waals surface area (Å²) in [6, 6.07) is 14.9. The molecule has 9 heteroatoms. The van der Waals surface area contributed by atoms with Crippen LogP contribution in [0.2, 0.25) is 0 Å². The van der Waals surface area contributed by atoms with E-state index in [4.69, 9.17) is 5.26 Å². The van der Waals surface area contributed by atoms with Crippen LogP contribution in [0.15, 0.2) is 58.6 Å². The molecule has 1 N–H and O–H groups in total. The van der Waals surface area contributed by atoms with Gasteiger partial charge in [-0.05, 0) is 80.5 Å². The van der Waals surface area contributed by atoms with Crippen LogP contribution in [0.25, 0.3) is 11.2 Å². The Bertz CT molecular complexity index is 1350. The predicted molar refractivity (Wildman–Crippen MR) is 143 cm³/mol. The largest absolute Gasteiger partial charge is 0.352 e. The number of hydrogen-bond donors (Lipinski definition) is 1. The SMILES string of the molecule is CC1=C(C(=O)NCCCC2CCN(C(=O)c3ccc(C#N)cc3)CC2)Sc2cccc3ncc1n23.Cl. The van der Waals surface area contributed by atoms with Crippen molar-refractivity contribution in [2.45, 2.75) is 37.6 Å². The number of carbonyl (C=O) groups is 2. The van der Waals surface area contributed by atoms with E-state index in [0.29, 0.717) is 23.6 Å². The maximum Gasteiger partial charge on any atom is 0.258 e. The Morgan fingerprint density at radius 1 is 1.17 bits per heavy atom. The van der Waals surface area contributed by atoms with E-state index >= 15 is 0 Å². The number of aromatic nitrogens is 2. The number of pyridine rings is 1. The lowest BCUT2D eigenvalue weighted by Gasteiger charge is -2.32. The average Bonchev–Trinajstić information content (AvgIpc) is 3.34. The quantitative estimate of drug-likeness (QED) is 0.465. The number of imidazole rings is 1. The Balaban J connectivity index is 0.00000304. The highest BCUT2D eigenvalue weighted by molar-refractivity contribution is 8.04. The van der Waals surface area contributed by atoms with E-state index in [1.54, 1.807) is 24.3 Å².